The number of hydrogen-bond acceptors (Lipinski definition) is 7. The van der Waals surface area contributed by atoms with Gasteiger partial charge in [0.25, 0.3) is 0 Å². The molecule has 3 aromatic carbocycles. The van der Waals surface area contributed by atoms with Crippen molar-refractivity contribution in [2.45, 2.75) is 4.90 Å². The first-order valence-electron chi connectivity index (χ1n) is 8.76. The summed E-state index contributed by atoms with van der Waals surface area (Å²) in [6.07, 6.45) is 1.24. The smallest absolute Gasteiger partial charge is 0.389 e. The molecule has 0 bridgehead atoms. The second kappa shape index (κ2) is 9.62. The summed E-state index contributed by atoms with van der Waals surface area (Å²) in [6.45, 7) is 0. The quantitative estimate of drug-likeness (QED) is 0.177. The van der Waals surface area contributed by atoms with Crippen LogP contribution in [-0.4, -0.2) is 21.5 Å². The molecule has 0 saturated carbocycles. The van der Waals surface area contributed by atoms with E-state index < -0.39 is 16.1 Å². The molecule has 30 heavy (non-hydrogen) atoms. The van der Waals surface area contributed by atoms with Gasteiger partial charge in [-0.05, 0) is 29.8 Å². The van der Waals surface area contributed by atoms with Crippen LogP contribution in [-0.2, 0) is 24.5 Å². The van der Waals surface area contributed by atoms with Crippen LogP contribution in [0, 0.1) is 0 Å². The van der Waals surface area contributed by atoms with E-state index in [4.69, 9.17) is 18.7 Å². The van der Waals surface area contributed by atoms with E-state index >= 15 is 0 Å². The van der Waals surface area contributed by atoms with Crippen LogP contribution >= 0.6 is 0 Å². The molecule has 0 atom stereocenters. The van der Waals surface area contributed by atoms with Crippen molar-refractivity contribution < 1.29 is 31.9 Å². The van der Waals surface area contributed by atoms with Crippen LogP contribution < -0.4 is 9.07 Å². The summed E-state index contributed by atoms with van der Waals surface area (Å²) in [6, 6.07) is 22.2. The number of carbonyl (C=O) groups is 1. The van der Waals surface area contributed by atoms with Crippen LogP contribution in [0.2, 0.25) is 0 Å². The first kappa shape index (κ1) is 20.9. The average Bonchev–Trinajstić information content (AvgIpc) is 2.77. The Morgan fingerprint density at radius 3 is 2.13 bits per heavy atom. The summed E-state index contributed by atoms with van der Waals surface area (Å²) in [7, 11) is -2.60. The van der Waals surface area contributed by atoms with Crippen molar-refractivity contribution in [3.05, 3.63) is 96.8 Å². The summed E-state index contributed by atoms with van der Waals surface area (Å²) < 4.78 is 34.7. The van der Waals surface area contributed by atoms with E-state index in [1.807, 2.05) is 6.07 Å². The molecular weight excluding hydrogens is 408 g/mol. The summed E-state index contributed by atoms with van der Waals surface area (Å²) >= 11 is 0. The van der Waals surface area contributed by atoms with E-state index in [9.17, 15) is 13.2 Å². The monoisotopic (exact) mass is 426 g/mol. The van der Waals surface area contributed by atoms with Gasteiger partial charge in [0.15, 0.2) is 5.75 Å². The van der Waals surface area contributed by atoms with Crippen LogP contribution in [0.25, 0.3) is 5.57 Å². The number of carbonyl (C=O) groups excluding carboxylic acids is 1. The first-order valence-corrected chi connectivity index (χ1v) is 10.2. The van der Waals surface area contributed by atoms with Gasteiger partial charge >= 0.3 is 16.1 Å². The molecule has 0 N–H and O–H groups in total. The number of benzene rings is 3. The molecule has 7 nitrogen and oxygen atoms in total. The Kier molecular flexibility index (Phi) is 6.71. The maximum atomic E-state index is 12.4. The van der Waals surface area contributed by atoms with Crippen molar-refractivity contribution in [1.29, 1.82) is 0 Å². The fourth-order valence-corrected chi connectivity index (χ4v) is 3.38. The van der Waals surface area contributed by atoms with Crippen molar-refractivity contribution in [3.8, 4) is 11.5 Å². The molecule has 0 aliphatic heterocycles. The number of hydrogen-bond donors (Lipinski definition) is 0. The van der Waals surface area contributed by atoms with Gasteiger partial charge in [0.1, 0.15) is 16.2 Å². The number of ether oxygens (including phenoxy) is 1. The molecule has 0 amide bonds. The van der Waals surface area contributed by atoms with E-state index in [0.29, 0.717) is 5.56 Å². The Morgan fingerprint density at radius 2 is 1.47 bits per heavy atom. The van der Waals surface area contributed by atoms with Gasteiger partial charge in [-0.15, -0.1) is 0 Å². The van der Waals surface area contributed by atoms with Crippen LogP contribution in [0.4, 0.5) is 0 Å². The molecule has 154 valence electrons. The highest BCUT2D eigenvalue weighted by Gasteiger charge is 2.18. The van der Waals surface area contributed by atoms with Gasteiger partial charge in [0.2, 0.25) is 0 Å². The molecular formula is C22H18O7S. The molecule has 3 aromatic rings. The first-order chi connectivity index (χ1) is 14.5. The second-order valence-corrected chi connectivity index (χ2v) is 7.46. The fraction of sp³-hybridized carbons (Fsp3) is 0.0455. The van der Waals surface area contributed by atoms with Crippen molar-refractivity contribution >= 4 is 21.7 Å². The minimum absolute atomic E-state index is 0.00289. The summed E-state index contributed by atoms with van der Waals surface area (Å²) in [5, 5.41) is 0. The van der Waals surface area contributed by atoms with Crippen molar-refractivity contribution in [2.75, 3.05) is 7.11 Å². The van der Waals surface area contributed by atoms with Crippen LogP contribution in [0.5, 0.6) is 11.5 Å². The van der Waals surface area contributed by atoms with E-state index in [2.05, 4.69) is 0 Å². The summed E-state index contributed by atoms with van der Waals surface area (Å²) in [5.74, 6) is -0.705. The lowest BCUT2D eigenvalue weighted by Gasteiger charge is -2.10. The zero-order valence-corrected chi connectivity index (χ0v) is 16.7. The zero-order chi connectivity index (χ0) is 21.4. The maximum Gasteiger partial charge on any atom is 0.389 e. The fourth-order valence-electron chi connectivity index (χ4n) is 2.44. The third-order valence-electron chi connectivity index (χ3n) is 3.80. The summed E-state index contributed by atoms with van der Waals surface area (Å²) in [5.41, 5.74) is 0.733. The zero-order valence-electron chi connectivity index (χ0n) is 15.9. The third kappa shape index (κ3) is 5.39. The molecule has 0 heterocycles. The topological polar surface area (TPSA) is 88.1 Å². The second-order valence-electron chi connectivity index (χ2n) is 5.91. The highest BCUT2D eigenvalue weighted by Crippen LogP contribution is 2.24. The Balaban J connectivity index is 1.69. The largest absolute Gasteiger partial charge is 0.503 e. The molecule has 0 spiro atoms. The van der Waals surface area contributed by atoms with E-state index in [-0.39, 0.29) is 22.0 Å². The highest BCUT2D eigenvalue weighted by molar-refractivity contribution is 7.87. The van der Waals surface area contributed by atoms with Gasteiger partial charge in [-0.1, -0.05) is 54.6 Å². The molecule has 0 unspecified atom stereocenters. The minimum atomic E-state index is -4.01. The minimum Gasteiger partial charge on any atom is -0.503 e. The van der Waals surface area contributed by atoms with Gasteiger partial charge in [-0.25, -0.2) is 9.68 Å². The van der Waals surface area contributed by atoms with E-state index in [0.717, 1.165) is 0 Å². The van der Waals surface area contributed by atoms with Gasteiger partial charge < -0.3 is 8.92 Å². The lowest BCUT2D eigenvalue weighted by Crippen LogP contribution is -2.11. The van der Waals surface area contributed by atoms with Crippen molar-refractivity contribution in [1.82, 2.24) is 0 Å². The molecule has 0 aromatic heterocycles. The third-order valence-corrected chi connectivity index (χ3v) is 5.06. The standard InChI is InChI=1S/C22H18O7S/c1-26-16-21(17-9-4-2-5-10-17)22(23)28-27-18-11-8-12-19(15-18)29-30(24,25)20-13-6-3-7-14-20/h2-16H,1H3/b21-16-. The molecule has 0 aliphatic carbocycles. The lowest BCUT2D eigenvalue weighted by molar-refractivity contribution is -0.206. The van der Waals surface area contributed by atoms with Crippen molar-refractivity contribution in [3.63, 3.8) is 0 Å². The van der Waals surface area contributed by atoms with Gasteiger partial charge in [0.05, 0.1) is 13.4 Å². The lowest BCUT2D eigenvalue weighted by atomic mass is 10.1. The Bertz CT molecular complexity index is 1120. The van der Waals surface area contributed by atoms with Crippen LogP contribution in [0.15, 0.2) is 96.1 Å². The SMILES string of the molecule is CO/C=C(\C(=O)OOc1cccc(OS(=O)(=O)c2ccccc2)c1)c1ccccc1. The number of rotatable bonds is 8. The average molecular weight is 426 g/mol. The maximum absolute atomic E-state index is 12.4. The molecule has 3 rings (SSSR count). The highest BCUT2D eigenvalue weighted by atomic mass is 32.2. The Labute approximate surface area is 174 Å². The van der Waals surface area contributed by atoms with Gasteiger partial charge in [-0.3, -0.25) is 4.89 Å². The Morgan fingerprint density at radius 1 is 0.833 bits per heavy atom. The van der Waals surface area contributed by atoms with E-state index in [1.54, 1.807) is 42.5 Å². The predicted molar refractivity (Wildman–Crippen MR) is 109 cm³/mol. The van der Waals surface area contributed by atoms with Gasteiger partial charge in [-0.2, -0.15) is 8.42 Å². The summed E-state index contributed by atoms with van der Waals surface area (Å²) in [4.78, 5) is 22.3. The normalized spacial score (nSPS) is 11.4. The molecule has 0 saturated heterocycles. The molecule has 0 radical (unpaired) electrons. The molecule has 8 heteroatoms. The van der Waals surface area contributed by atoms with E-state index in [1.165, 1.54) is 49.8 Å². The van der Waals surface area contributed by atoms with Gasteiger partial charge in [0, 0.05) is 6.07 Å². The molecule has 0 aliphatic rings. The van der Waals surface area contributed by atoms with Crippen LogP contribution in [0.1, 0.15) is 5.56 Å². The number of methoxy groups -OCH3 is 1. The van der Waals surface area contributed by atoms with Crippen molar-refractivity contribution in [2.24, 2.45) is 0 Å². The molecule has 0 fully saturated rings. The predicted octanol–water partition coefficient (Wildman–Crippen LogP) is 3.98. The van der Waals surface area contributed by atoms with Crippen LogP contribution in [0.3, 0.4) is 0 Å². The Hall–Kier alpha value is -3.78.